The summed E-state index contributed by atoms with van der Waals surface area (Å²) in [5, 5.41) is 10.5. The largest absolute Gasteiger partial charge is 0.449 e. The zero-order valence-electron chi connectivity index (χ0n) is 20.9. The number of fused-ring (bicyclic) bond motifs is 5. The van der Waals surface area contributed by atoms with Gasteiger partial charge in [0.25, 0.3) is 0 Å². The molecule has 0 spiro atoms. The highest BCUT2D eigenvalue weighted by Crippen LogP contribution is 2.67. The number of allylic oxidation sites excluding steroid dienone is 1. The summed E-state index contributed by atoms with van der Waals surface area (Å²) in [6, 6.07) is 0. The van der Waals surface area contributed by atoms with Gasteiger partial charge in [0.1, 0.15) is 6.10 Å². The third-order valence-corrected chi connectivity index (χ3v) is 10.7. The third-order valence-electron chi connectivity index (χ3n) is 10.6. The molecule has 4 aliphatic rings. The predicted octanol–water partition coefficient (Wildman–Crippen LogP) is 7.74. The molecule has 0 aliphatic heterocycles. The van der Waals surface area contributed by atoms with Crippen molar-refractivity contribution < 1.29 is 14.6 Å². The van der Waals surface area contributed by atoms with Crippen molar-refractivity contribution in [3.05, 3.63) is 11.6 Å². The molecule has 182 valence electrons. The Morgan fingerprint density at radius 3 is 2.62 bits per heavy atom. The van der Waals surface area contributed by atoms with Gasteiger partial charge in [0.05, 0.1) is 6.10 Å². The smallest absolute Gasteiger partial charge is 0.404 e. The molecule has 1 N–H and O–H groups in total. The number of aliphatic hydroxyl groups is 1. The van der Waals surface area contributed by atoms with Crippen LogP contribution in [0.25, 0.3) is 0 Å². The van der Waals surface area contributed by atoms with Crippen LogP contribution in [0.3, 0.4) is 0 Å². The van der Waals surface area contributed by atoms with Gasteiger partial charge in [0.2, 0.25) is 0 Å². The molecule has 0 aromatic heterocycles. The van der Waals surface area contributed by atoms with Crippen LogP contribution in [0.1, 0.15) is 98.8 Å². The number of hydrogen-bond acceptors (Lipinski definition) is 3. The lowest BCUT2D eigenvalue weighted by molar-refractivity contribution is -0.107. The van der Waals surface area contributed by atoms with Crippen molar-refractivity contribution in [3.8, 4) is 0 Å². The Balaban J connectivity index is 1.55. The SMILES string of the molecule is CC(C)CCC[C@@H](C)[C@H]1CC[C@H]2[C@@H]3CC=C4C[C@H](O)CC(OC(=O)Cl)[C@]4(C)[C@H]3CC[C@]12C. The van der Waals surface area contributed by atoms with Crippen molar-refractivity contribution in [2.75, 3.05) is 0 Å². The van der Waals surface area contributed by atoms with Gasteiger partial charge < -0.3 is 9.84 Å². The van der Waals surface area contributed by atoms with Gasteiger partial charge in [-0.1, -0.05) is 65.5 Å². The molecule has 4 rings (SSSR count). The number of carbonyl (C=O) groups excluding carboxylic acids is 1. The van der Waals surface area contributed by atoms with Crippen LogP contribution < -0.4 is 0 Å². The van der Waals surface area contributed by atoms with Crippen molar-refractivity contribution in [1.82, 2.24) is 0 Å². The fourth-order valence-corrected chi connectivity index (χ4v) is 9.09. The molecule has 0 radical (unpaired) electrons. The molecule has 3 saturated carbocycles. The van der Waals surface area contributed by atoms with Gasteiger partial charge in [-0.2, -0.15) is 0 Å². The van der Waals surface area contributed by atoms with Gasteiger partial charge in [-0.15, -0.1) is 0 Å². The summed E-state index contributed by atoms with van der Waals surface area (Å²) < 4.78 is 5.67. The average Bonchev–Trinajstić information content (AvgIpc) is 3.05. The molecular weight excluding hydrogens is 420 g/mol. The molecule has 0 aromatic rings. The van der Waals surface area contributed by atoms with Crippen LogP contribution in [0.2, 0.25) is 0 Å². The van der Waals surface area contributed by atoms with Gasteiger partial charge >= 0.3 is 5.43 Å². The molecule has 0 amide bonds. The minimum Gasteiger partial charge on any atom is -0.449 e. The van der Waals surface area contributed by atoms with Crippen molar-refractivity contribution in [1.29, 1.82) is 0 Å². The molecule has 4 aliphatic carbocycles. The van der Waals surface area contributed by atoms with E-state index in [9.17, 15) is 9.90 Å². The first kappa shape index (κ1) is 24.6. The van der Waals surface area contributed by atoms with Crippen molar-refractivity contribution in [3.63, 3.8) is 0 Å². The number of halogens is 1. The van der Waals surface area contributed by atoms with Crippen molar-refractivity contribution in [2.24, 2.45) is 46.3 Å². The van der Waals surface area contributed by atoms with Gasteiger partial charge in [0.15, 0.2) is 0 Å². The van der Waals surface area contributed by atoms with Crippen LogP contribution in [0.5, 0.6) is 0 Å². The Kier molecular flexibility index (Phi) is 7.11. The van der Waals surface area contributed by atoms with Crippen LogP contribution in [0, 0.1) is 46.3 Å². The second-order valence-corrected chi connectivity index (χ2v) is 12.9. The summed E-state index contributed by atoms with van der Waals surface area (Å²) in [6.45, 7) is 12.1. The van der Waals surface area contributed by atoms with Gasteiger partial charge in [-0.05, 0) is 79.4 Å². The fraction of sp³-hybridized carbons (Fsp3) is 0.893. The number of aliphatic hydroxyl groups excluding tert-OH is 1. The maximum Gasteiger partial charge on any atom is 0.404 e. The Labute approximate surface area is 200 Å². The van der Waals surface area contributed by atoms with Crippen LogP contribution in [-0.4, -0.2) is 22.7 Å². The van der Waals surface area contributed by atoms with Gasteiger partial charge in [-0.25, -0.2) is 4.79 Å². The summed E-state index contributed by atoms with van der Waals surface area (Å²) in [6.07, 6.45) is 13.3. The van der Waals surface area contributed by atoms with E-state index in [0.29, 0.717) is 30.1 Å². The average molecular weight is 465 g/mol. The van der Waals surface area contributed by atoms with Gasteiger partial charge in [0, 0.05) is 23.4 Å². The summed E-state index contributed by atoms with van der Waals surface area (Å²) in [5.41, 5.74) is 0.825. The summed E-state index contributed by atoms with van der Waals surface area (Å²) in [4.78, 5) is 11.7. The van der Waals surface area contributed by atoms with Crippen LogP contribution in [-0.2, 0) is 4.74 Å². The molecule has 0 aromatic carbocycles. The third kappa shape index (κ3) is 4.19. The van der Waals surface area contributed by atoms with Crippen molar-refractivity contribution in [2.45, 2.75) is 111 Å². The van der Waals surface area contributed by atoms with Crippen LogP contribution in [0.4, 0.5) is 4.79 Å². The maximum absolute atomic E-state index is 11.7. The van der Waals surface area contributed by atoms with E-state index in [0.717, 1.165) is 30.1 Å². The first-order valence-electron chi connectivity index (χ1n) is 13.3. The number of rotatable bonds is 6. The number of carbonyl (C=O) groups is 1. The highest BCUT2D eigenvalue weighted by Gasteiger charge is 2.61. The molecule has 0 heterocycles. The van der Waals surface area contributed by atoms with E-state index >= 15 is 0 Å². The fourth-order valence-electron chi connectivity index (χ4n) is 8.98. The summed E-state index contributed by atoms with van der Waals surface area (Å²) in [5.74, 6) is 4.38. The molecule has 1 unspecified atom stereocenters. The Morgan fingerprint density at radius 2 is 1.94 bits per heavy atom. The summed E-state index contributed by atoms with van der Waals surface area (Å²) in [7, 11) is 0. The first-order valence-corrected chi connectivity index (χ1v) is 13.7. The highest BCUT2D eigenvalue weighted by molar-refractivity contribution is 6.61. The highest BCUT2D eigenvalue weighted by atomic mass is 35.5. The van der Waals surface area contributed by atoms with Crippen LogP contribution >= 0.6 is 11.6 Å². The molecule has 32 heavy (non-hydrogen) atoms. The molecule has 9 atom stereocenters. The number of ether oxygens (including phenoxy) is 1. The Bertz CT molecular complexity index is 732. The van der Waals surface area contributed by atoms with E-state index in [1.165, 1.54) is 50.5 Å². The zero-order chi connectivity index (χ0) is 23.3. The van der Waals surface area contributed by atoms with E-state index in [-0.39, 0.29) is 11.5 Å². The zero-order valence-corrected chi connectivity index (χ0v) is 21.7. The number of hydrogen-bond donors (Lipinski definition) is 1. The van der Waals surface area contributed by atoms with Crippen molar-refractivity contribution >= 4 is 17.0 Å². The lowest BCUT2D eigenvalue weighted by atomic mass is 9.46. The molecule has 0 bridgehead atoms. The normalized spacial score (nSPS) is 44.3. The first-order chi connectivity index (χ1) is 15.1. The minimum absolute atomic E-state index is 0.186. The molecule has 3 nitrogen and oxygen atoms in total. The second-order valence-electron chi connectivity index (χ2n) is 12.6. The topological polar surface area (TPSA) is 46.5 Å². The quantitative estimate of drug-likeness (QED) is 0.323. The van der Waals surface area contributed by atoms with E-state index in [4.69, 9.17) is 16.3 Å². The maximum atomic E-state index is 11.7. The lowest BCUT2D eigenvalue weighted by Gasteiger charge is -2.59. The summed E-state index contributed by atoms with van der Waals surface area (Å²) >= 11 is 5.69. The standard InChI is InChI=1S/C28H45ClO3/c1-17(2)7-6-8-18(3)22-11-12-23-21-10-9-19-15-20(30)16-25(32-26(29)31)28(19,5)24(21)13-14-27(22,23)4/h9,17-18,20-25,30H,6-8,10-16H2,1-5H3/t18-,20+,21+,22-,23+,24+,25?,27-,28+/m1/s1. The van der Waals surface area contributed by atoms with E-state index in [1.54, 1.807) is 0 Å². The monoisotopic (exact) mass is 464 g/mol. The molecule has 4 heteroatoms. The van der Waals surface area contributed by atoms with E-state index in [1.807, 2.05) is 0 Å². The Morgan fingerprint density at radius 1 is 1.19 bits per heavy atom. The molecule has 3 fully saturated rings. The Hall–Kier alpha value is -0.540. The molecule has 0 saturated heterocycles. The molecular formula is C28H45ClO3. The minimum atomic E-state index is -0.733. The van der Waals surface area contributed by atoms with Gasteiger partial charge in [-0.3, -0.25) is 0 Å². The van der Waals surface area contributed by atoms with Crippen LogP contribution in [0.15, 0.2) is 11.6 Å². The van der Waals surface area contributed by atoms with E-state index < -0.39 is 11.5 Å². The predicted molar refractivity (Wildman–Crippen MR) is 131 cm³/mol. The second kappa shape index (κ2) is 9.25. The van der Waals surface area contributed by atoms with E-state index in [2.05, 4.69) is 40.7 Å². The lowest BCUT2D eigenvalue weighted by Crippen LogP contribution is -2.56.